The number of hydrogen-bond donors (Lipinski definition) is 1. The van der Waals surface area contributed by atoms with E-state index in [9.17, 15) is 9.90 Å². The van der Waals surface area contributed by atoms with Crippen molar-refractivity contribution in [2.24, 2.45) is 0 Å². The Morgan fingerprint density at radius 2 is 2.04 bits per heavy atom. The second kappa shape index (κ2) is 6.75. The summed E-state index contributed by atoms with van der Waals surface area (Å²) in [6.45, 7) is 9.50. The SMILES string of the molecule is CCCc1cc(OC)c2c(c1O)C(C)C=CN2C(=O)OC(C)(C)C. The highest BCUT2D eigenvalue weighted by Crippen LogP contribution is 2.47. The van der Waals surface area contributed by atoms with E-state index in [1.165, 1.54) is 4.90 Å². The molecule has 1 unspecified atom stereocenters. The van der Waals surface area contributed by atoms with Crippen molar-refractivity contribution in [2.75, 3.05) is 12.0 Å². The summed E-state index contributed by atoms with van der Waals surface area (Å²) in [6.07, 6.45) is 4.73. The van der Waals surface area contributed by atoms with Crippen molar-refractivity contribution in [3.05, 3.63) is 29.5 Å². The Hall–Kier alpha value is -2.17. The normalized spacial score (nSPS) is 16.8. The molecule has 0 spiro atoms. The number of anilines is 1. The van der Waals surface area contributed by atoms with Crippen LogP contribution >= 0.6 is 0 Å². The van der Waals surface area contributed by atoms with Crippen molar-refractivity contribution < 1.29 is 19.4 Å². The van der Waals surface area contributed by atoms with Gasteiger partial charge in [0.25, 0.3) is 0 Å². The topological polar surface area (TPSA) is 59.0 Å². The molecular weight excluding hydrogens is 306 g/mol. The molecule has 0 bridgehead atoms. The quantitative estimate of drug-likeness (QED) is 0.869. The van der Waals surface area contributed by atoms with E-state index in [-0.39, 0.29) is 11.7 Å². The Bertz CT molecular complexity index is 658. The first-order chi connectivity index (χ1) is 11.2. The Morgan fingerprint density at radius 3 is 2.58 bits per heavy atom. The van der Waals surface area contributed by atoms with E-state index in [1.54, 1.807) is 19.4 Å². The van der Waals surface area contributed by atoms with Crippen molar-refractivity contribution >= 4 is 11.8 Å². The van der Waals surface area contributed by atoms with Gasteiger partial charge in [0, 0.05) is 17.7 Å². The number of methoxy groups -OCH3 is 1. The summed E-state index contributed by atoms with van der Waals surface area (Å²) in [5.41, 5.74) is 1.48. The Balaban J connectivity index is 2.58. The zero-order valence-electron chi connectivity index (χ0n) is 15.3. The van der Waals surface area contributed by atoms with Crippen molar-refractivity contribution in [2.45, 2.75) is 59.0 Å². The molecule has 24 heavy (non-hydrogen) atoms. The molecule has 0 aromatic heterocycles. The number of amides is 1. The molecule has 1 aromatic rings. The highest BCUT2D eigenvalue weighted by atomic mass is 16.6. The molecule has 0 aliphatic carbocycles. The van der Waals surface area contributed by atoms with Gasteiger partial charge in [-0.25, -0.2) is 9.69 Å². The maximum Gasteiger partial charge on any atom is 0.419 e. The summed E-state index contributed by atoms with van der Waals surface area (Å²) in [7, 11) is 1.57. The van der Waals surface area contributed by atoms with Crippen LogP contribution in [0.15, 0.2) is 18.3 Å². The first-order valence-electron chi connectivity index (χ1n) is 8.32. The van der Waals surface area contributed by atoms with Crippen molar-refractivity contribution in [3.8, 4) is 11.5 Å². The summed E-state index contributed by atoms with van der Waals surface area (Å²) < 4.78 is 11.0. The Morgan fingerprint density at radius 1 is 1.38 bits per heavy atom. The monoisotopic (exact) mass is 333 g/mol. The van der Waals surface area contributed by atoms with E-state index in [4.69, 9.17) is 9.47 Å². The zero-order valence-corrected chi connectivity index (χ0v) is 15.3. The van der Waals surface area contributed by atoms with Gasteiger partial charge in [0.2, 0.25) is 0 Å². The van der Waals surface area contributed by atoms with Crippen LogP contribution in [0.5, 0.6) is 11.5 Å². The lowest BCUT2D eigenvalue weighted by atomic mass is 9.91. The third-order valence-corrected chi connectivity index (χ3v) is 3.90. The van der Waals surface area contributed by atoms with Gasteiger partial charge in [0.1, 0.15) is 22.8 Å². The molecule has 1 aliphatic rings. The maximum atomic E-state index is 12.6. The first kappa shape index (κ1) is 18.2. The minimum atomic E-state index is -0.606. The second-order valence-electron chi connectivity index (χ2n) is 7.08. The highest BCUT2D eigenvalue weighted by Gasteiger charge is 2.32. The predicted molar refractivity (Wildman–Crippen MR) is 94.9 cm³/mol. The molecule has 1 aliphatic heterocycles. The molecule has 1 aromatic carbocycles. The van der Waals surface area contributed by atoms with E-state index in [0.717, 1.165) is 18.4 Å². The van der Waals surface area contributed by atoms with Crippen LogP contribution in [0.1, 0.15) is 58.1 Å². The van der Waals surface area contributed by atoms with Gasteiger partial charge in [0.15, 0.2) is 0 Å². The number of rotatable bonds is 3. The molecular formula is C19H27NO4. The first-order valence-corrected chi connectivity index (χ1v) is 8.32. The van der Waals surface area contributed by atoms with Crippen molar-refractivity contribution in [1.29, 1.82) is 0 Å². The molecule has 1 heterocycles. The molecule has 2 rings (SSSR count). The number of phenols is 1. The fourth-order valence-corrected chi connectivity index (χ4v) is 2.86. The third kappa shape index (κ3) is 3.50. The van der Waals surface area contributed by atoms with E-state index < -0.39 is 11.7 Å². The number of hydrogen-bond acceptors (Lipinski definition) is 4. The molecule has 0 saturated heterocycles. The van der Waals surface area contributed by atoms with Crippen LogP contribution in [0.3, 0.4) is 0 Å². The van der Waals surface area contributed by atoms with E-state index in [2.05, 4.69) is 6.92 Å². The molecule has 1 atom stereocenters. The molecule has 1 N–H and O–H groups in total. The Kier molecular flexibility index (Phi) is 5.11. The largest absolute Gasteiger partial charge is 0.507 e. The van der Waals surface area contributed by atoms with Crippen LogP contribution in [-0.2, 0) is 11.2 Å². The van der Waals surface area contributed by atoms with Crippen LogP contribution in [0.2, 0.25) is 0 Å². The highest BCUT2D eigenvalue weighted by molar-refractivity contribution is 5.95. The number of aryl methyl sites for hydroxylation is 1. The summed E-state index contributed by atoms with van der Waals surface area (Å²) in [5, 5.41) is 10.7. The number of fused-ring (bicyclic) bond motifs is 1. The lowest BCUT2D eigenvalue weighted by Gasteiger charge is -2.32. The number of benzene rings is 1. The van der Waals surface area contributed by atoms with Crippen LogP contribution in [0, 0.1) is 0 Å². The number of allylic oxidation sites excluding steroid dienone is 1. The van der Waals surface area contributed by atoms with Crippen LogP contribution < -0.4 is 9.64 Å². The van der Waals surface area contributed by atoms with Gasteiger partial charge in [-0.1, -0.05) is 26.3 Å². The van der Waals surface area contributed by atoms with Gasteiger partial charge in [-0.15, -0.1) is 0 Å². The standard InChI is InChI=1S/C19H27NO4/c1-7-8-13-11-14(23-6)16-15(17(13)21)12(2)9-10-20(16)18(22)24-19(3,4)5/h9-12,21H,7-8H2,1-6H3. The van der Waals surface area contributed by atoms with Crippen LogP contribution in [0.4, 0.5) is 10.5 Å². The molecule has 5 nitrogen and oxygen atoms in total. The molecule has 5 heteroatoms. The average Bonchev–Trinajstić information content (AvgIpc) is 2.48. The fourth-order valence-electron chi connectivity index (χ4n) is 2.86. The van der Waals surface area contributed by atoms with E-state index in [1.807, 2.05) is 33.8 Å². The number of nitrogens with zero attached hydrogens (tertiary/aromatic N) is 1. The molecule has 0 saturated carbocycles. The zero-order chi connectivity index (χ0) is 18.1. The summed E-state index contributed by atoms with van der Waals surface area (Å²) >= 11 is 0. The number of ether oxygens (including phenoxy) is 2. The van der Waals surface area contributed by atoms with Gasteiger partial charge in [-0.3, -0.25) is 0 Å². The lowest BCUT2D eigenvalue weighted by molar-refractivity contribution is 0.0595. The summed E-state index contributed by atoms with van der Waals surface area (Å²) in [5.74, 6) is 0.774. The predicted octanol–water partition coefficient (Wildman–Crippen LogP) is 4.73. The van der Waals surface area contributed by atoms with Gasteiger partial charge >= 0.3 is 6.09 Å². The van der Waals surface area contributed by atoms with E-state index >= 15 is 0 Å². The van der Waals surface area contributed by atoms with Gasteiger partial charge in [0.05, 0.1) is 7.11 Å². The van der Waals surface area contributed by atoms with Crippen molar-refractivity contribution in [1.82, 2.24) is 0 Å². The maximum absolute atomic E-state index is 12.6. The van der Waals surface area contributed by atoms with Crippen molar-refractivity contribution in [3.63, 3.8) is 0 Å². The van der Waals surface area contributed by atoms with E-state index in [0.29, 0.717) is 17.0 Å². The van der Waals surface area contributed by atoms with Gasteiger partial charge < -0.3 is 14.6 Å². The fraction of sp³-hybridized carbons (Fsp3) is 0.526. The molecule has 132 valence electrons. The third-order valence-electron chi connectivity index (χ3n) is 3.90. The van der Waals surface area contributed by atoms with Gasteiger partial charge in [-0.05, 0) is 38.8 Å². The average molecular weight is 333 g/mol. The van der Waals surface area contributed by atoms with Gasteiger partial charge in [-0.2, -0.15) is 0 Å². The van der Waals surface area contributed by atoms with Crippen LogP contribution in [0.25, 0.3) is 0 Å². The summed E-state index contributed by atoms with van der Waals surface area (Å²) in [6, 6.07) is 1.81. The molecule has 0 fully saturated rings. The molecule has 0 radical (unpaired) electrons. The Labute approximate surface area is 143 Å². The minimum Gasteiger partial charge on any atom is -0.507 e. The smallest absolute Gasteiger partial charge is 0.419 e. The number of aromatic hydroxyl groups is 1. The summed E-state index contributed by atoms with van der Waals surface area (Å²) in [4.78, 5) is 14.0. The minimum absolute atomic E-state index is 0.0237. The second-order valence-corrected chi connectivity index (χ2v) is 7.08. The number of carbonyl (C=O) groups is 1. The van der Waals surface area contributed by atoms with Crippen LogP contribution in [-0.4, -0.2) is 23.9 Å². The molecule has 1 amide bonds. The lowest BCUT2D eigenvalue weighted by Crippen LogP contribution is -2.35. The number of carbonyl (C=O) groups excluding carboxylic acids is 1. The number of phenolic OH excluding ortho intramolecular Hbond substituents is 1.